The smallest absolute Gasteiger partial charge is 0.376 e. The molecule has 0 saturated carbocycles. The lowest BCUT2D eigenvalue weighted by Crippen LogP contribution is -2.09. The Morgan fingerprint density at radius 3 is 2.48 bits per heavy atom. The average Bonchev–Trinajstić information content (AvgIpc) is 3.02. The highest BCUT2D eigenvalue weighted by Crippen LogP contribution is 2.33. The lowest BCUT2D eigenvalue weighted by Gasteiger charge is -2.09. The summed E-state index contributed by atoms with van der Waals surface area (Å²) < 4.78 is 20.3. The first-order valence-electron chi connectivity index (χ1n) is 7.99. The summed E-state index contributed by atoms with van der Waals surface area (Å²) in [6, 6.07) is 11.2. The molecule has 2 aromatic carbocycles. The van der Waals surface area contributed by atoms with Gasteiger partial charge < -0.3 is 19.5 Å². The Labute approximate surface area is 153 Å². The van der Waals surface area contributed by atoms with Gasteiger partial charge in [0.15, 0.2) is 0 Å². The molecule has 0 aliphatic rings. The van der Waals surface area contributed by atoms with Crippen LogP contribution in [0.15, 0.2) is 54.7 Å². The van der Waals surface area contributed by atoms with Gasteiger partial charge in [0, 0.05) is 29.8 Å². The van der Waals surface area contributed by atoms with Gasteiger partial charge in [0.25, 0.3) is 5.78 Å². The standard InChI is InChI=1S/C20H16FNO5/c1-27-18-4-2-3-14-15(16(23)9-17(24)20(25)26)11-22(19(14)18)10-12-5-7-13(21)8-6-12/h2-9,11,23H,10H2,1H3,(H,25,26). The van der Waals surface area contributed by atoms with E-state index in [1.807, 2.05) is 0 Å². The molecule has 0 aliphatic carbocycles. The minimum Gasteiger partial charge on any atom is -0.507 e. The van der Waals surface area contributed by atoms with Crippen LogP contribution in [0.2, 0.25) is 0 Å². The van der Waals surface area contributed by atoms with E-state index >= 15 is 0 Å². The van der Waals surface area contributed by atoms with Gasteiger partial charge >= 0.3 is 5.97 Å². The third-order valence-electron chi connectivity index (χ3n) is 4.10. The van der Waals surface area contributed by atoms with Crippen LogP contribution in [0, 0.1) is 5.82 Å². The van der Waals surface area contributed by atoms with Gasteiger partial charge in [0.1, 0.15) is 17.3 Å². The first kappa shape index (κ1) is 18.2. The number of benzene rings is 2. The molecule has 0 unspecified atom stereocenters. The Balaban J connectivity index is 2.14. The molecule has 2 N–H and O–H groups in total. The van der Waals surface area contributed by atoms with Gasteiger partial charge in [-0.3, -0.25) is 4.79 Å². The molecule has 7 heteroatoms. The van der Waals surface area contributed by atoms with E-state index in [-0.39, 0.29) is 5.82 Å². The number of hydrogen-bond acceptors (Lipinski definition) is 4. The largest absolute Gasteiger partial charge is 0.507 e. The van der Waals surface area contributed by atoms with E-state index < -0.39 is 17.5 Å². The lowest BCUT2D eigenvalue weighted by atomic mass is 10.1. The van der Waals surface area contributed by atoms with Crippen molar-refractivity contribution in [2.75, 3.05) is 7.11 Å². The molecule has 0 radical (unpaired) electrons. The average molecular weight is 369 g/mol. The third-order valence-corrected chi connectivity index (χ3v) is 4.10. The number of carbonyl (C=O) groups is 2. The zero-order chi connectivity index (χ0) is 19.6. The van der Waals surface area contributed by atoms with Crippen molar-refractivity contribution >= 4 is 28.4 Å². The summed E-state index contributed by atoms with van der Waals surface area (Å²) in [6.45, 7) is 0.358. The Bertz CT molecular complexity index is 1050. The predicted octanol–water partition coefficient (Wildman–Crippen LogP) is 3.39. The second kappa shape index (κ2) is 7.33. The molecule has 0 atom stereocenters. The maximum absolute atomic E-state index is 13.1. The van der Waals surface area contributed by atoms with Crippen LogP contribution in [-0.4, -0.2) is 33.6 Å². The number of carboxylic acids is 1. The molecule has 6 nitrogen and oxygen atoms in total. The van der Waals surface area contributed by atoms with Crippen molar-refractivity contribution in [2.45, 2.75) is 6.54 Å². The normalized spacial score (nSPS) is 11.6. The molecule has 1 aromatic heterocycles. The topological polar surface area (TPSA) is 88.8 Å². The number of aromatic nitrogens is 1. The van der Waals surface area contributed by atoms with Gasteiger partial charge in [-0.1, -0.05) is 24.3 Å². The SMILES string of the molecule is COc1cccc2c(C(O)=CC(=O)C(=O)O)cn(Cc3ccc(F)cc3)c12. The van der Waals surface area contributed by atoms with Crippen LogP contribution in [0.3, 0.4) is 0 Å². The summed E-state index contributed by atoms with van der Waals surface area (Å²) in [6.07, 6.45) is 2.26. The molecule has 138 valence electrons. The zero-order valence-electron chi connectivity index (χ0n) is 14.3. The summed E-state index contributed by atoms with van der Waals surface area (Å²) in [5.41, 5.74) is 1.76. The molecular weight excluding hydrogens is 353 g/mol. The maximum atomic E-state index is 13.1. The van der Waals surface area contributed by atoms with Crippen LogP contribution in [0.1, 0.15) is 11.1 Å². The molecule has 1 heterocycles. The van der Waals surface area contributed by atoms with Crippen LogP contribution in [-0.2, 0) is 16.1 Å². The van der Waals surface area contributed by atoms with Gasteiger partial charge in [-0.25, -0.2) is 9.18 Å². The van der Waals surface area contributed by atoms with Gasteiger partial charge in [0.05, 0.1) is 12.6 Å². The number of ether oxygens (including phenoxy) is 1. The molecule has 0 saturated heterocycles. The molecule has 3 rings (SSSR count). The van der Waals surface area contributed by atoms with Crippen molar-refractivity contribution in [1.82, 2.24) is 4.57 Å². The fourth-order valence-corrected chi connectivity index (χ4v) is 2.87. The van der Waals surface area contributed by atoms with Crippen molar-refractivity contribution in [3.63, 3.8) is 0 Å². The summed E-state index contributed by atoms with van der Waals surface area (Å²) in [5.74, 6) is -3.15. The van der Waals surface area contributed by atoms with Crippen LogP contribution in [0.25, 0.3) is 16.7 Å². The van der Waals surface area contributed by atoms with E-state index in [0.717, 1.165) is 5.56 Å². The summed E-state index contributed by atoms with van der Waals surface area (Å²) in [4.78, 5) is 22.2. The van der Waals surface area contributed by atoms with Crippen molar-refractivity contribution in [1.29, 1.82) is 0 Å². The summed E-state index contributed by atoms with van der Waals surface area (Å²) in [5, 5.41) is 19.6. The number of aliphatic hydroxyl groups excluding tert-OH is 1. The van der Waals surface area contributed by atoms with Crippen LogP contribution >= 0.6 is 0 Å². The lowest BCUT2D eigenvalue weighted by molar-refractivity contribution is -0.146. The van der Waals surface area contributed by atoms with Gasteiger partial charge in [-0.15, -0.1) is 0 Å². The predicted molar refractivity (Wildman–Crippen MR) is 97.2 cm³/mol. The van der Waals surface area contributed by atoms with E-state index in [2.05, 4.69) is 0 Å². The highest BCUT2D eigenvalue weighted by atomic mass is 19.1. The fourth-order valence-electron chi connectivity index (χ4n) is 2.87. The van der Waals surface area contributed by atoms with Crippen molar-refractivity contribution in [3.05, 3.63) is 71.7 Å². The number of rotatable bonds is 6. The fraction of sp³-hybridized carbons (Fsp3) is 0.100. The highest BCUT2D eigenvalue weighted by molar-refractivity contribution is 6.38. The van der Waals surface area contributed by atoms with E-state index in [0.29, 0.717) is 34.8 Å². The number of nitrogens with zero attached hydrogens (tertiary/aromatic N) is 1. The molecule has 0 aliphatic heterocycles. The summed E-state index contributed by atoms with van der Waals surface area (Å²) >= 11 is 0. The number of fused-ring (bicyclic) bond motifs is 1. The molecule has 0 fully saturated rings. The number of aliphatic hydroxyl groups is 1. The van der Waals surface area contributed by atoms with Gasteiger partial charge in [-0.2, -0.15) is 0 Å². The van der Waals surface area contributed by atoms with Crippen molar-refractivity contribution in [2.24, 2.45) is 0 Å². The Morgan fingerprint density at radius 1 is 1.15 bits per heavy atom. The number of hydrogen-bond donors (Lipinski definition) is 2. The van der Waals surface area contributed by atoms with Crippen molar-refractivity contribution in [3.8, 4) is 5.75 Å². The van der Waals surface area contributed by atoms with Gasteiger partial charge in [-0.05, 0) is 23.8 Å². The van der Waals surface area contributed by atoms with Crippen molar-refractivity contribution < 1.29 is 28.9 Å². The molecule has 0 amide bonds. The second-order valence-corrected chi connectivity index (χ2v) is 5.85. The Kier molecular flexibility index (Phi) is 4.94. The second-order valence-electron chi connectivity index (χ2n) is 5.85. The molecule has 3 aromatic rings. The van der Waals surface area contributed by atoms with E-state index in [4.69, 9.17) is 9.84 Å². The number of carbonyl (C=O) groups excluding carboxylic acids is 1. The van der Waals surface area contributed by atoms with Gasteiger partial charge in [0.2, 0.25) is 0 Å². The van der Waals surface area contributed by atoms with E-state index in [9.17, 15) is 19.1 Å². The van der Waals surface area contributed by atoms with Crippen LogP contribution in [0.5, 0.6) is 5.75 Å². The molecular formula is C20H16FNO5. The number of methoxy groups -OCH3 is 1. The minimum atomic E-state index is -1.66. The first-order valence-corrected chi connectivity index (χ1v) is 7.99. The first-order chi connectivity index (χ1) is 12.9. The summed E-state index contributed by atoms with van der Waals surface area (Å²) in [7, 11) is 1.51. The van der Waals surface area contributed by atoms with Crippen LogP contribution in [0.4, 0.5) is 4.39 Å². The maximum Gasteiger partial charge on any atom is 0.376 e. The highest BCUT2D eigenvalue weighted by Gasteiger charge is 2.18. The number of aliphatic carboxylic acids is 1. The molecule has 0 spiro atoms. The third kappa shape index (κ3) is 3.67. The minimum absolute atomic E-state index is 0.292. The zero-order valence-corrected chi connectivity index (χ0v) is 14.3. The Hall–Kier alpha value is -3.61. The number of para-hydroxylation sites is 1. The quantitative estimate of drug-likeness (QED) is 0.395. The number of ketones is 1. The number of halogens is 1. The van der Waals surface area contributed by atoms with Crippen LogP contribution < -0.4 is 4.74 Å². The number of carboxylic acid groups (broad SMARTS) is 1. The monoisotopic (exact) mass is 369 g/mol. The van der Waals surface area contributed by atoms with E-state index in [1.165, 1.54) is 19.2 Å². The van der Waals surface area contributed by atoms with E-state index in [1.54, 1.807) is 41.1 Å². The molecule has 27 heavy (non-hydrogen) atoms. The molecule has 0 bridgehead atoms. The Morgan fingerprint density at radius 2 is 1.85 bits per heavy atom.